The summed E-state index contributed by atoms with van der Waals surface area (Å²) in [6.07, 6.45) is 4.74. The lowest BCUT2D eigenvalue weighted by Crippen LogP contribution is -2.40. The van der Waals surface area contributed by atoms with E-state index in [-0.39, 0.29) is 11.9 Å². The molecule has 1 aliphatic rings. The Morgan fingerprint density at radius 3 is 3.24 bits per heavy atom. The van der Waals surface area contributed by atoms with Gasteiger partial charge < -0.3 is 10.6 Å². The fraction of sp³-hybridized carbons (Fsp3) is 0.538. The molecule has 0 saturated carbocycles. The lowest BCUT2D eigenvalue weighted by molar-refractivity contribution is -0.122. The Kier molecular flexibility index (Phi) is 4.09. The summed E-state index contributed by atoms with van der Waals surface area (Å²) in [5, 5.41) is 6.14. The largest absolute Gasteiger partial charge is 0.349 e. The maximum atomic E-state index is 11.8. The molecule has 1 aliphatic heterocycles. The molecule has 4 heteroatoms. The molecule has 1 fully saturated rings. The third-order valence-corrected chi connectivity index (χ3v) is 3.17. The number of hydrogen-bond donors (Lipinski definition) is 2. The van der Waals surface area contributed by atoms with E-state index in [2.05, 4.69) is 28.6 Å². The smallest absolute Gasteiger partial charge is 0.237 e. The predicted octanol–water partition coefficient (Wildman–Crippen LogP) is 1.01. The van der Waals surface area contributed by atoms with Crippen LogP contribution in [0.1, 0.15) is 31.0 Å². The molecule has 4 nitrogen and oxygen atoms in total. The molecule has 2 N–H and O–H groups in total. The van der Waals surface area contributed by atoms with Gasteiger partial charge in [-0.3, -0.25) is 9.78 Å². The van der Waals surface area contributed by atoms with Crippen LogP contribution in [0, 0.1) is 0 Å². The highest BCUT2D eigenvalue weighted by Crippen LogP contribution is 2.07. The van der Waals surface area contributed by atoms with Gasteiger partial charge in [-0.2, -0.15) is 0 Å². The van der Waals surface area contributed by atoms with Crippen LogP contribution in [0.15, 0.2) is 18.3 Å². The van der Waals surface area contributed by atoms with Gasteiger partial charge >= 0.3 is 0 Å². The van der Waals surface area contributed by atoms with Crippen molar-refractivity contribution in [3.8, 4) is 0 Å². The van der Waals surface area contributed by atoms with Crippen LogP contribution in [-0.2, 0) is 17.8 Å². The van der Waals surface area contributed by atoms with Crippen molar-refractivity contribution in [1.82, 2.24) is 15.6 Å². The molecule has 1 aromatic rings. The number of nitrogens with zero attached hydrogens (tertiary/aromatic N) is 1. The molecule has 0 bridgehead atoms. The SMILES string of the molecule is CCc1cccnc1CNC(=O)[C@H]1CCCN1. The van der Waals surface area contributed by atoms with E-state index in [1.54, 1.807) is 6.20 Å². The summed E-state index contributed by atoms with van der Waals surface area (Å²) in [6, 6.07) is 3.98. The van der Waals surface area contributed by atoms with E-state index in [1.165, 1.54) is 5.56 Å². The second kappa shape index (κ2) is 5.77. The molecular weight excluding hydrogens is 214 g/mol. The Morgan fingerprint density at radius 1 is 1.65 bits per heavy atom. The summed E-state index contributed by atoms with van der Waals surface area (Å²) >= 11 is 0. The molecule has 0 spiro atoms. The minimum absolute atomic E-state index is 0.0104. The zero-order valence-electron chi connectivity index (χ0n) is 10.2. The summed E-state index contributed by atoms with van der Waals surface area (Å²) < 4.78 is 0. The van der Waals surface area contributed by atoms with E-state index in [4.69, 9.17) is 0 Å². The van der Waals surface area contributed by atoms with Gasteiger partial charge in [0.2, 0.25) is 5.91 Å². The molecule has 17 heavy (non-hydrogen) atoms. The summed E-state index contributed by atoms with van der Waals surface area (Å²) in [7, 11) is 0. The molecule has 2 heterocycles. The van der Waals surface area contributed by atoms with Gasteiger partial charge in [0.25, 0.3) is 0 Å². The first-order valence-electron chi connectivity index (χ1n) is 6.25. The molecule has 92 valence electrons. The number of aromatic nitrogens is 1. The van der Waals surface area contributed by atoms with E-state index in [9.17, 15) is 4.79 Å². The Balaban J connectivity index is 1.90. The van der Waals surface area contributed by atoms with Gasteiger partial charge in [-0.25, -0.2) is 0 Å². The van der Waals surface area contributed by atoms with Gasteiger partial charge in [0.1, 0.15) is 0 Å². The van der Waals surface area contributed by atoms with E-state index in [0.717, 1.165) is 31.5 Å². The first-order chi connectivity index (χ1) is 8.31. The normalized spacial score (nSPS) is 19.2. The van der Waals surface area contributed by atoms with Crippen LogP contribution in [-0.4, -0.2) is 23.5 Å². The van der Waals surface area contributed by atoms with Gasteiger partial charge in [-0.05, 0) is 37.4 Å². The maximum Gasteiger partial charge on any atom is 0.237 e. The highest BCUT2D eigenvalue weighted by molar-refractivity contribution is 5.81. The quantitative estimate of drug-likeness (QED) is 0.816. The molecule has 1 atom stereocenters. The van der Waals surface area contributed by atoms with Crippen LogP contribution in [0.3, 0.4) is 0 Å². The van der Waals surface area contributed by atoms with Crippen LogP contribution in [0.25, 0.3) is 0 Å². The van der Waals surface area contributed by atoms with Crippen LogP contribution < -0.4 is 10.6 Å². The van der Waals surface area contributed by atoms with Crippen molar-refractivity contribution in [1.29, 1.82) is 0 Å². The average Bonchev–Trinajstić information content (AvgIpc) is 2.90. The van der Waals surface area contributed by atoms with Crippen LogP contribution in [0.5, 0.6) is 0 Å². The van der Waals surface area contributed by atoms with E-state index >= 15 is 0 Å². The minimum Gasteiger partial charge on any atom is -0.349 e. The fourth-order valence-electron chi connectivity index (χ4n) is 2.15. The van der Waals surface area contributed by atoms with Crippen molar-refractivity contribution < 1.29 is 4.79 Å². The summed E-state index contributed by atoms with van der Waals surface area (Å²) in [4.78, 5) is 16.1. The third kappa shape index (κ3) is 3.03. The third-order valence-electron chi connectivity index (χ3n) is 3.17. The molecule has 1 amide bonds. The topological polar surface area (TPSA) is 54.0 Å². The molecule has 0 radical (unpaired) electrons. The number of rotatable bonds is 4. The molecule has 2 rings (SSSR count). The second-order valence-electron chi connectivity index (χ2n) is 4.33. The number of pyridine rings is 1. The molecular formula is C13H19N3O. The number of amides is 1. The van der Waals surface area contributed by atoms with Gasteiger partial charge in [-0.15, -0.1) is 0 Å². The lowest BCUT2D eigenvalue weighted by atomic mass is 10.1. The Bertz CT molecular complexity index is 386. The van der Waals surface area contributed by atoms with Crippen molar-refractivity contribution in [3.63, 3.8) is 0 Å². The molecule has 0 aromatic carbocycles. The average molecular weight is 233 g/mol. The van der Waals surface area contributed by atoms with Gasteiger partial charge in [0, 0.05) is 6.20 Å². The van der Waals surface area contributed by atoms with E-state index in [0.29, 0.717) is 6.54 Å². The van der Waals surface area contributed by atoms with Crippen LogP contribution >= 0.6 is 0 Å². The minimum atomic E-state index is -0.0104. The van der Waals surface area contributed by atoms with Crippen molar-refractivity contribution in [2.75, 3.05) is 6.54 Å². The zero-order chi connectivity index (χ0) is 12.1. The zero-order valence-corrected chi connectivity index (χ0v) is 10.2. The summed E-state index contributed by atoms with van der Waals surface area (Å²) in [5.41, 5.74) is 2.17. The number of carbonyl (C=O) groups is 1. The van der Waals surface area contributed by atoms with E-state index < -0.39 is 0 Å². The molecule has 0 aliphatic carbocycles. The Labute approximate surface area is 102 Å². The summed E-state index contributed by atoms with van der Waals surface area (Å²) in [6.45, 7) is 3.57. The van der Waals surface area contributed by atoms with Crippen LogP contribution in [0.2, 0.25) is 0 Å². The van der Waals surface area contributed by atoms with Crippen molar-refractivity contribution >= 4 is 5.91 Å². The second-order valence-corrected chi connectivity index (χ2v) is 4.33. The number of carbonyl (C=O) groups excluding carboxylic acids is 1. The highest BCUT2D eigenvalue weighted by atomic mass is 16.2. The fourth-order valence-corrected chi connectivity index (χ4v) is 2.15. The predicted molar refractivity (Wildman–Crippen MR) is 66.5 cm³/mol. The number of aryl methyl sites for hydroxylation is 1. The van der Waals surface area contributed by atoms with Gasteiger partial charge in [0.15, 0.2) is 0 Å². The van der Waals surface area contributed by atoms with Crippen LogP contribution in [0.4, 0.5) is 0 Å². The molecule has 1 aromatic heterocycles. The standard InChI is InChI=1S/C13H19N3O/c1-2-10-5-3-7-15-12(10)9-16-13(17)11-6-4-8-14-11/h3,5,7,11,14H,2,4,6,8-9H2,1H3,(H,16,17)/t11-/m1/s1. The Morgan fingerprint density at radius 2 is 2.53 bits per heavy atom. The van der Waals surface area contributed by atoms with Gasteiger partial charge in [0.05, 0.1) is 18.3 Å². The van der Waals surface area contributed by atoms with E-state index in [1.807, 2.05) is 6.07 Å². The summed E-state index contributed by atoms with van der Waals surface area (Å²) in [5.74, 6) is 0.0928. The van der Waals surface area contributed by atoms with Crippen molar-refractivity contribution in [2.45, 2.75) is 38.8 Å². The molecule has 1 saturated heterocycles. The first kappa shape index (κ1) is 12.0. The highest BCUT2D eigenvalue weighted by Gasteiger charge is 2.21. The van der Waals surface area contributed by atoms with Crippen molar-refractivity contribution in [2.24, 2.45) is 0 Å². The van der Waals surface area contributed by atoms with Gasteiger partial charge in [-0.1, -0.05) is 13.0 Å². The number of hydrogen-bond acceptors (Lipinski definition) is 3. The molecule has 0 unspecified atom stereocenters. The lowest BCUT2D eigenvalue weighted by Gasteiger charge is -2.12. The van der Waals surface area contributed by atoms with Crippen molar-refractivity contribution in [3.05, 3.63) is 29.6 Å². The first-order valence-corrected chi connectivity index (χ1v) is 6.25. The Hall–Kier alpha value is -1.42. The maximum absolute atomic E-state index is 11.8. The monoisotopic (exact) mass is 233 g/mol. The number of nitrogens with one attached hydrogen (secondary N) is 2.